The molecule has 1 aliphatic carbocycles. The lowest BCUT2D eigenvalue weighted by Gasteiger charge is -2.33. The third kappa shape index (κ3) is 2.83. The standard InChI is InChI=1S/C17H23ClN2S/c1-12-6-5-7-13-17(12)20(16(19-13)10-11-18)14-8-3-4-9-15(14)21-2/h5-7,14-15H,3-4,8-11H2,1-2H3. The van der Waals surface area contributed by atoms with Gasteiger partial charge in [-0.15, -0.1) is 11.6 Å². The molecule has 1 saturated carbocycles. The van der Waals surface area contributed by atoms with Gasteiger partial charge in [0.2, 0.25) is 0 Å². The molecule has 1 fully saturated rings. The predicted octanol–water partition coefficient (Wildman–Crippen LogP) is 4.97. The van der Waals surface area contributed by atoms with E-state index in [1.165, 1.54) is 42.6 Å². The molecule has 2 nitrogen and oxygen atoms in total. The third-order valence-corrected chi connectivity index (χ3v) is 5.95. The van der Waals surface area contributed by atoms with E-state index < -0.39 is 0 Å². The summed E-state index contributed by atoms with van der Waals surface area (Å²) in [5.41, 5.74) is 3.77. The molecule has 1 heterocycles. The number of hydrogen-bond donors (Lipinski definition) is 0. The normalized spacial score (nSPS) is 22.8. The van der Waals surface area contributed by atoms with E-state index in [0.717, 1.165) is 11.9 Å². The second kappa shape index (κ2) is 6.62. The van der Waals surface area contributed by atoms with Crippen LogP contribution in [0.15, 0.2) is 18.2 Å². The maximum absolute atomic E-state index is 6.03. The number of imidazole rings is 1. The summed E-state index contributed by atoms with van der Waals surface area (Å²) in [5.74, 6) is 1.80. The Morgan fingerprint density at radius 1 is 1.33 bits per heavy atom. The zero-order chi connectivity index (χ0) is 14.8. The van der Waals surface area contributed by atoms with Crippen molar-refractivity contribution in [1.82, 2.24) is 9.55 Å². The highest BCUT2D eigenvalue weighted by atomic mass is 35.5. The summed E-state index contributed by atoms with van der Waals surface area (Å²) in [6, 6.07) is 7.00. The molecule has 0 saturated heterocycles. The minimum Gasteiger partial charge on any atom is -0.323 e. The number of para-hydroxylation sites is 1. The zero-order valence-corrected chi connectivity index (χ0v) is 14.4. The molecular formula is C17H23ClN2S. The zero-order valence-electron chi connectivity index (χ0n) is 12.8. The van der Waals surface area contributed by atoms with Gasteiger partial charge in [0.15, 0.2) is 0 Å². The van der Waals surface area contributed by atoms with E-state index in [4.69, 9.17) is 16.6 Å². The molecular weight excluding hydrogens is 300 g/mol. The Kier molecular flexibility index (Phi) is 4.80. The van der Waals surface area contributed by atoms with Crippen molar-refractivity contribution in [2.24, 2.45) is 0 Å². The van der Waals surface area contributed by atoms with Gasteiger partial charge in [-0.2, -0.15) is 11.8 Å². The summed E-state index contributed by atoms with van der Waals surface area (Å²) in [6.07, 6.45) is 8.37. The Morgan fingerprint density at radius 3 is 2.90 bits per heavy atom. The van der Waals surface area contributed by atoms with Crippen LogP contribution in [0.2, 0.25) is 0 Å². The highest BCUT2D eigenvalue weighted by molar-refractivity contribution is 7.99. The molecule has 0 spiro atoms. The first-order chi connectivity index (χ1) is 10.3. The second-order valence-corrected chi connectivity index (χ2v) is 7.36. The summed E-state index contributed by atoms with van der Waals surface area (Å²) < 4.78 is 2.52. The highest BCUT2D eigenvalue weighted by Crippen LogP contribution is 2.39. The molecule has 0 aliphatic heterocycles. The minimum atomic E-state index is 0.568. The lowest BCUT2D eigenvalue weighted by atomic mass is 9.94. The number of aromatic nitrogens is 2. The summed E-state index contributed by atoms with van der Waals surface area (Å²) >= 11 is 8.04. The summed E-state index contributed by atoms with van der Waals surface area (Å²) in [5, 5.41) is 0.699. The number of alkyl halides is 1. The van der Waals surface area contributed by atoms with Crippen LogP contribution in [0.3, 0.4) is 0 Å². The molecule has 2 unspecified atom stereocenters. The van der Waals surface area contributed by atoms with Gasteiger partial charge in [-0.05, 0) is 37.7 Å². The molecule has 2 aromatic rings. The Hall–Kier alpha value is -0.670. The smallest absolute Gasteiger partial charge is 0.111 e. The Bertz CT molecular complexity index is 623. The molecule has 0 radical (unpaired) electrons. The van der Waals surface area contributed by atoms with Gasteiger partial charge in [0.25, 0.3) is 0 Å². The molecule has 1 aromatic carbocycles. The van der Waals surface area contributed by atoms with Crippen molar-refractivity contribution in [3.8, 4) is 0 Å². The topological polar surface area (TPSA) is 17.8 Å². The fraction of sp³-hybridized carbons (Fsp3) is 0.588. The molecule has 21 heavy (non-hydrogen) atoms. The van der Waals surface area contributed by atoms with E-state index >= 15 is 0 Å². The van der Waals surface area contributed by atoms with Gasteiger partial charge in [0, 0.05) is 23.6 Å². The van der Waals surface area contributed by atoms with Crippen LogP contribution in [0, 0.1) is 6.92 Å². The van der Waals surface area contributed by atoms with Crippen LogP contribution in [0.25, 0.3) is 11.0 Å². The van der Waals surface area contributed by atoms with Crippen molar-refractivity contribution in [2.45, 2.75) is 50.3 Å². The Balaban J connectivity index is 2.15. The molecule has 0 bridgehead atoms. The molecule has 2 atom stereocenters. The van der Waals surface area contributed by atoms with E-state index in [-0.39, 0.29) is 0 Å². The van der Waals surface area contributed by atoms with E-state index in [1.54, 1.807) is 0 Å². The number of aryl methyl sites for hydroxylation is 2. The number of rotatable bonds is 4. The molecule has 0 amide bonds. The Morgan fingerprint density at radius 2 is 2.14 bits per heavy atom. The lowest BCUT2D eigenvalue weighted by Crippen LogP contribution is -2.27. The SMILES string of the molecule is CSC1CCCCC1n1c(CCCl)nc2cccc(C)c21. The average Bonchev–Trinajstić information content (AvgIpc) is 2.87. The van der Waals surface area contributed by atoms with Gasteiger partial charge in [-0.25, -0.2) is 4.98 Å². The third-order valence-electron chi connectivity index (χ3n) is 4.61. The molecule has 114 valence electrons. The van der Waals surface area contributed by atoms with Crippen molar-refractivity contribution in [2.75, 3.05) is 12.1 Å². The van der Waals surface area contributed by atoms with E-state index in [1.807, 2.05) is 11.8 Å². The first-order valence-electron chi connectivity index (χ1n) is 7.81. The molecule has 1 aliphatic rings. The lowest BCUT2D eigenvalue weighted by molar-refractivity contribution is 0.364. The highest BCUT2D eigenvalue weighted by Gasteiger charge is 2.29. The van der Waals surface area contributed by atoms with Crippen LogP contribution < -0.4 is 0 Å². The molecule has 1 aromatic heterocycles. The second-order valence-electron chi connectivity index (χ2n) is 5.91. The summed E-state index contributed by atoms with van der Waals surface area (Å²) in [7, 11) is 0. The van der Waals surface area contributed by atoms with Gasteiger partial charge in [0.1, 0.15) is 5.82 Å². The average molecular weight is 323 g/mol. The monoisotopic (exact) mass is 322 g/mol. The van der Waals surface area contributed by atoms with Gasteiger partial charge < -0.3 is 4.57 Å². The summed E-state index contributed by atoms with van der Waals surface area (Å²) in [6.45, 7) is 2.20. The Labute approximate surface area is 136 Å². The number of fused-ring (bicyclic) bond motifs is 1. The van der Waals surface area contributed by atoms with Crippen molar-refractivity contribution in [1.29, 1.82) is 0 Å². The number of benzene rings is 1. The van der Waals surface area contributed by atoms with Crippen molar-refractivity contribution in [3.63, 3.8) is 0 Å². The van der Waals surface area contributed by atoms with Crippen molar-refractivity contribution >= 4 is 34.4 Å². The van der Waals surface area contributed by atoms with Gasteiger partial charge in [-0.1, -0.05) is 25.0 Å². The van der Waals surface area contributed by atoms with Crippen molar-refractivity contribution in [3.05, 3.63) is 29.6 Å². The first-order valence-corrected chi connectivity index (χ1v) is 9.63. The maximum atomic E-state index is 6.03. The van der Waals surface area contributed by atoms with E-state index in [9.17, 15) is 0 Å². The quantitative estimate of drug-likeness (QED) is 0.739. The molecule has 4 heteroatoms. The van der Waals surface area contributed by atoms with Gasteiger partial charge in [-0.3, -0.25) is 0 Å². The van der Waals surface area contributed by atoms with Crippen LogP contribution in [0.1, 0.15) is 43.1 Å². The van der Waals surface area contributed by atoms with Crippen LogP contribution in [0.5, 0.6) is 0 Å². The van der Waals surface area contributed by atoms with Crippen LogP contribution >= 0.6 is 23.4 Å². The number of hydrogen-bond acceptors (Lipinski definition) is 2. The number of nitrogens with zero attached hydrogens (tertiary/aromatic N) is 2. The van der Waals surface area contributed by atoms with E-state index in [0.29, 0.717) is 17.2 Å². The van der Waals surface area contributed by atoms with Crippen LogP contribution in [-0.2, 0) is 6.42 Å². The molecule has 0 N–H and O–H groups in total. The van der Waals surface area contributed by atoms with Gasteiger partial charge >= 0.3 is 0 Å². The largest absolute Gasteiger partial charge is 0.323 e. The first kappa shape index (κ1) is 15.2. The fourth-order valence-corrected chi connectivity index (χ4v) is 4.78. The molecule has 3 rings (SSSR count). The predicted molar refractivity (Wildman–Crippen MR) is 93.7 cm³/mol. The summed E-state index contributed by atoms with van der Waals surface area (Å²) in [4.78, 5) is 4.88. The van der Waals surface area contributed by atoms with E-state index in [2.05, 4.69) is 35.9 Å². The fourth-order valence-electron chi connectivity index (χ4n) is 3.63. The minimum absolute atomic E-state index is 0.568. The maximum Gasteiger partial charge on any atom is 0.111 e. The van der Waals surface area contributed by atoms with Gasteiger partial charge in [0.05, 0.1) is 11.0 Å². The number of thioether (sulfide) groups is 1. The number of halogens is 1. The van der Waals surface area contributed by atoms with Crippen LogP contribution in [-0.4, -0.2) is 26.9 Å². The van der Waals surface area contributed by atoms with Crippen LogP contribution in [0.4, 0.5) is 0 Å². The van der Waals surface area contributed by atoms with Crippen molar-refractivity contribution < 1.29 is 0 Å².